The Kier molecular flexibility index (Phi) is 11.0. The number of rotatable bonds is 11. The monoisotopic (exact) mass is 244 g/mol. The third-order valence-electron chi connectivity index (χ3n) is 3.25. The Morgan fingerprint density at radius 1 is 0.941 bits per heavy atom. The maximum atomic E-state index is 10.1. The van der Waals surface area contributed by atoms with Gasteiger partial charge in [-0.2, -0.15) is 0 Å². The summed E-state index contributed by atoms with van der Waals surface area (Å²) in [6.45, 7) is 9.15. The molecule has 0 aliphatic carbocycles. The van der Waals surface area contributed by atoms with Crippen LogP contribution in [-0.2, 0) is 4.74 Å². The first-order valence-corrected chi connectivity index (χ1v) is 7.43. The number of hydrogen-bond donors (Lipinski definition) is 1. The van der Waals surface area contributed by atoms with E-state index >= 15 is 0 Å². The van der Waals surface area contributed by atoms with Gasteiger partial charge in [-0.05, 0) is 19.3 Å². The summed E-state index contributed by atoms with van der Waals surface area (Å²) in [6, 6.07) is 0. The Bertz CT molecular complexity index is 157. The van der Waals surface area contributed by atoms with Gasteiger partial charge < -0.3 is 9.84 Å². The lowest BCUT2D eigenvalue weighted by molar-refractivity contribution is -0.0603. The molecule has 1 N–H and O–H groups in total. The third-order valence-corrected chi connectivity index (χ3v) is 3.25. The number of aliphatic hydroxyl groups excluding tert-OH is 1. The Morgan fingerprint density at radius 3 is 2.06 bits per heavy atom. The molecule has 17 heavy (non-hydrogen) atoms. The molecule has 0 rings (SSSR count). The van der Waals surface area contributed by atoms with E-state index < -0.39 is 0 Å². The molecular formula is C15H32O2. The predicted molar refractivity (Wildman–Crippen MR) is 74.3 cm³/mol. The number of hydrogen-bond acceptors (Lipinski definition) is 2. The van der Waals surface area contributed by atoms with Crippen molar-refractivity contribution in [1.29, 1.82) is 0 Å². The van der Waals surface area contributed by atoms with Crippen molar-refractivity contribution in [3.8, 4) is 0 Å². The Morgan fingerprint density at radius 2 is 1.53 bits per heavy atom. The van der Waals surface area contributed by atoms with Crippen molar-refractivity contribution in [2.45, 2.75) is 84.8 Å². The fourth-order valence-corrected chi connectivity index (χ4v) is 2.24. The standard InChI is InChI=1S/C15H32O2/c1-5-7-8-9-10-11-12-14(16)15(13(3)4)17-6-2/h13-16H,5-12H2,1-4H3. The molecule has 0 radical (unpaired) electrons. The summed E-state index contributed by atoms with van der Waals surface area (Å²) in [4.78, 5) is 0. The van der Waals surface area contributed by atoms with Gasteiger partial charge in [0.05, 0.1) is 12.2 Å². The molecule has 2 atom stereocenters. The first-order chi connectivity index (χ1) is 8.13. The van der Waals surface area contributed by atoms with Crippen LogP contribution in [0.4, 0.5) is 0 Å². The molecule has 0 spiro atoms. The van der Waals surface area contributed by atoms with E-state index in [9.17, 15) is 5.11 Å². The highest BCUT2D eigenvalue weighted by Gasteiger charge is 2.22. The van der Waals surface area contributed by atoms with Crippen molar-refractivity contribution < 1.29 is 9.84 Å². The maximum absolute atomic E-state index is 10.1. The van der Waals surface area contributed by atoms with Gasteiger partial charge in [0.2, 0.25) is 0 Å². The van der Waals surface area contributed by atoms with Crippen LogP contribution < -0.4 is 0 Å². The molecule has 0 saturated heterocycles. The van der Waals surface area contributed by atoms with Crippen molar-refractivity contribution in [1.82, 2.24) is 0 Å². The predicted octanol–water partition coefficient (Wildman–Crippen LogP) is 4.16. The average Bonchev–Trinajstić information content (AvgIpc) is 2.29. The molecule has 104 valence electrons. The molecule has 0 aromatic heterocycles. The molecule has 0 aliphatic rings. The van der Waals surface area contributed by atoms with Crippen molar-refractivity contribution in [3.05, 3.63) is 0 Å². The van der Waals surface area contributed by atoms with Gasteiger partial charge >= 0.3 is 0 Å². The molecule has 0 aliphatic heterocycles. The molecular weight excluding hydrogens is 212 g/mol. The molecule has 0 amide bonds. The van der Waals surface area contributed by atoms with Gasteiger partial charge in [0.15, 0.2) is 0 Å². The fraction of sp³-hybridized carbons (Fsp3) is 1.00. The van der Waals surface area contributed by atoms with Gasteiger partial charge in [0.25, 0.3) is 0 Å². The molecule has 0 saturated carbocycles. The van der Waals surface area contributed by atoms with Crippen LogP contribution in [0.15, 0.2) is 0 Å². The van der Waals surface area contributed by atoms with Crippen molar-refractivity contribution in [2.24, 2.45) is 5.92 Å². The van der Waals surface area contributed by atoms with E-state index in [1.165, 1.54) is 32.1 Å². The van der Waals surface area contributed by atoms with E-state index in [1.807, 2.05) is 6.92 Å². The van der Waals surface area contributed by atoms with Crippen LogP contribution in [0.5, 0.6) is 0 Å². The third kappa shape index (κ3) is 8.62. The minimum absolute atomic E-state index is 0.00985. The first kappa shape index (κ1) is 16.9. The lowest BCUT2D eigenvalue weighted by Gasteiger charge is -2.26. The van der Waals surface area contributed by atoms with Crippen LogP contribution in [0.2, 0.25) is 0 Å². The fourth-order valence-electron chi connectivity index (χ4n) is 2.24. The van der Waals surface area contributed by atoms with Crippen molar-refractivity contribution in [3.63, 3.8) is 0 Å². The summed E-state index contributed by atoms with van der Waals surface area (Å²) < 4.78 is 5.61. The Hall–Kier alpha value is -0.0800. The van der Waals surface area contributed by atoms with E-state index in [0.717, 1.165) is 12.8 Å². The van der Waals surface area contributed by atoms with Crippen LogP contribution in [-0.4, -0.2) is 23.9 Å². The smallest absolute Gasteiger partial charge is 0.0856 e. The largest absolute Gasteiger partial charge is 0.390 e. The molecule has 2 unspecified atom stereocenters. The Labute approximate surface area is 108 Å². The zero-order valence-electron chi connectivity index (χ0n) is 12.2. The highest BCUT2D eigenvalue weighted by Crippen LogP contribution is 2.17. The zero-order valence-corrected chi connectivity index (χ0v) is 12.2. The normalized spacial score (nSPS) is 15.2. The van der Waals surface area contributed by atoms with E-state index in [0.29, 0.717) is 12.5 Å². The Balaban J connectivity index is 3.63. The van der Waals surface area contributed by atoms with Gasteiger partial charge in [0, 0.05) is 6.61 Å². The van der Waals surface area contributed by atoms with Gasteiger partial charge in [-0.25, -0.2) is 0 Å². The van der Waals surface area contributed by atoms with Crippen molar-refractivity contribution >= 4 is 0 Å². The topological polar surface area (TPSA) is 29.5 Å². The van der Waals surface area contributed by atoms with Crippen LogP contribution >= 0.6 is 0 Å². The summed E-state index contributed by atoms with van der Waals surface area (Å²) in [7, 11) is 0. The summed E-state index contributed by atoms with van der Waals surface area (Å²) in [5, 5.41) is 10.1. The minimum Gasteiger partial charge on any atom is -0.390 e. The highest BCUT2D eigenvalue weighted by molar-refractivity contribution is 4.72. The summed E-state index contributed by atoms with van der Waals surface area (Å²) in [5.41, 5.74) is 0. The van der Waals surface area contributed by atoms with Crippen LogP contribution in [0.1, 0.15) is 72.6 Å². The SMILES string of the molecule is CCCCCCCCC(O)C(OCC)C(C)C. The maximum Gasteiger partial charge on any atom is 0.0856 e. The number of unbranched alkanes of at least 4 members (excludes halogenated alkanes) is 5. The first-order valence-electron chi connectivity index (χ1n) is 7.43. The second-order valence-electron chi connectivity index (χ2n) is 5.29. The van der Waals surface area contributed by atoms with E-state index in [4.69, 9.17) is 4.74 Å². The summed E-state index contributed by atoms with van der Waals surface area (Å²) in [5.74, 6) is 0.394. The van der Waals surface area contributed by atoms with Gasteiger partial charge in [0.1, 0.15) is 0 Å². The lowest BCUT2D eigenvalue weighted by atomic mass is 9.97. The molecule has 0 aromatic rings. The van der Waals surface area contributed by atoms with Crippen LogP contribution in [0.25, 0.3) is 0 Å². The van der Waals surface area contributed by atoms with Gasteiger partial charge in [-0.1, -0.05) is 59.3 Å². The van der Waals surface area contributed by atoms with E-state index in [2.05, 4.69) is 20.8 Å². The molecule has 0 fully saturated rings. The minimum atomic E-state index is -0.291. The average molecular weight is 244 g/mol. The summed E-state index contributed by atoms with van der Waals surface area (Å²) >= 11 is 0. The molecule has 2 nitrogen and oxygen atoms in total. The number of aliphatic hydroxyl groups is 1. The van der Waals surface area contributed by atoms with Crippen LogP contribution in [0, 0.1) is 5.92 Å². The van der Waals surface area contributed by atoms with E-state index in [1.54, 1.807) is 0 Å². The van der Waals surface area contributed by atoms with Crippen molar-refractivity contribution in [2.75, 3.05) is 6.61 Å². The summed E-state index contributed by atoms with van der Waals surface area (Å²) in [6.07, 6.45) is 8.26. The lowest BCUT2D eigenvalue weighted by Crippen LogP contribution is -2.33. The highest BCUT2D eigenvalue weighted by atomic mass is 16.5. The quantitative estimate of drug-likeness (QED) is 0.553. The second-order valence-corrected chi connectivity index (χ2v) is 5.29. The molecule has 0 aromatic carbocycles. The molecule has 2 heteroatoms. The molecule has 0 heterocycles. The van der Waals surface area contributed by atoms with Gasteiger partial charge in [-0.3, -0.25) is 0 Å². The van der Waals surface area contributed by atoms with Gasteiger partial charge in [-0.15, -0.1) is 0 Å². The molecule has 0 bridgehead atoms. The number of ether oxygens (including phenoxy) is 1. The van der Waals surface area contributed by atoms with Crippen LogP contribution in [0.3, 0.4) is 0 Å². The zero-order chi connectivity index (χ0) is 13.1. The van der Waals surface area contributed by atoms with E-state index in [-0.39, 0.29) is 12.2 Å². The second kappa shape index (κ2) is 11.0.